The van der Waals surface area contributed by atoms with Crippen LogP contribution < -0.4 is 16.3 Å². The highest BCUT2D eigenvalue weighted by molar-refractivity contribution is 5.98. The molecule has 27 heavy (non-hydrogen) atoms. The van der Waals surface area contributed by atoms with Crippen LogP contribution in [0.2, 0.25) is 0 Å². The predicted molar refractivity (Wildman–Crippen MR) is 93.1 cm³/mol. The Kier molecular flexibility index (Phi) is 6.59. The van der Waals surface area contributed by atoms with Crippen molar-refractivity contribution in [3.63, 3.8) is 0 Å². The zero-order valence-electron chi connectivity index (χ0n) is 14.5. The van der Waals surface area contributed by atoms with Gasteiger partial charge in [-0.1, -0.05) is 6.42 Å². The van der Waals surface area contributed by atoms with Crippen LogP contribution in [0.15, 0.2) is 33.5 Å². The van der Waals surface area contributed by atoms with Crippen LogP contribution in [0.25, 0.3) is 11.0 Å². The van der Waals surface area contributed by atoms with E-state index in [1.165, 1.54) is 12.5 Å². The summed E-state index contributed by atoms with van der Waals surface area (Å²) in [7, 11) is 0. The Morgan fingerprint density at radius 1 is 1.19 bits per heavy atom. The fraction of sp³-hybridized carbons (Fsp3) is 0.333. The summed E-state index contributed by atoms with van der Waals surface area (Å²) < 4.78 is 41.1. The Labute approximate surface area is 152 Å². The maximum atomic E-state index is 12.0. The minimum Gasteiger partial charge on any atom is -0.423 e. The quantitative estimate of drug-likeness (QED) is 0.568. The number of rotatable bonds is 7. The third-order valence-electron chi connectivity index (χ3n) is 3.72. The standard InChI is InChI=1S/C18H18F3N2O4/c1-11-9-16(25)27-14-10-12(6-7-13(11)14)23-15(24)5-3-2-4-8-22-17(26)18(19,20)21/h5-7,9-10H,2-4,8H2,1H3,(H,22,26)(H,23,24). The van der Waals surface area contributed by atoms with Crippen molar-refractivity contribution >= 4 is 28.5 Å². The number of unbranched alkanes of at least 4 members (excludes halogenated alkanes) is 2. The first-order valence-corrected chi connectivity index (χ1v) is 8.20. The van der Waals surface area contributed by atoms with Crippen molar-refractivity contribution in [3.8, 4) is 0 Å². The van der Waals surface area contributed by atoms with E-state index in [2.05, 4.69) is 5.32 Å². The number of amides is 2. The molecule has 0 bridgehead atoms. The fourth-order valence-corrected chi connectivity index (χ4v) is 2.40. The Morgan fingerprint density at radius 2 is 1.93 bits per heavy atom. The van der Waals surface area contributed by atoms with E-state index in [0.29, 0.717) is 30.5 Å². The number of carbonyl (C=O) groups is 2. The minimum atomic E-state index is -4.89. The van der Waals surface area contributed by atoms with Crippen LogP contribution in [-0.2, 0) is 9.59 Å². The molecule has 0 saturated carbocycles. The number of hydrogen-bond acceptors (Lipinski definition) is 4. The SMILES string of the molecule is Cc1cc(=O)oc2cc(NC(=O)[CH]CCCCNC(=O)C(F)(F)F)ccc12. The van der Waals surface area contributed by atoms with Gasteiger partial charge in [-0.2, -0.15) is 13.2 Å². The van der Waals surface area contributed by atoms with Gasteiger partial charge >= 0.3 is 17.7 Å². The van der Waals surface area contributed by atoms with Gasteiger partial charge in [-0.3, -0.25) is 9.59 Å². The summed E-state index contributed by atoms with van der Waals surface area (Å²) in [6, 6.07) is 6.33. The van der Waals surface area contributed by atoms with Gasteiger partial charge in [-0.15, -0.1) is 0 Å². The van der Waals surface area contributed by atoms with Crippen molar-refractivity contribution in [1.82, 2.24) is 5.32 Å². The van der Waals surface area contributed by atoms with Crippen LogP contribution in [0.5, 0.6) is 0 Å². The van der Waals surface area contributed by atoms with E-state index < -0.39 is 17.7 Å². The third-order valence-corrected chi connectivity index (χ3v) is 3.72. The van der Waals surface area contributed by atoms with Crippen LogP contribution in [0.3, 0.4) is 0 Å². The van der Waals surface area contributed by atoms with Gasteiger partial charge in [0.2, 0.25) is 5.91 Å². The van der Waals surface area contributed by atoms with Crippen molar-refractivity contribution in [3.05, 3.63) is 46.7 Å². The highest BCUT2D eigenvalue weighted by atomic mass is 19.4. The van der Waals surface area contributed by atoms with E-state index >= 15 is 0 Å². The Balaban J connectivity index is 1.75. The number of halogens is 3. The number of hydrogen-bond donors (Lipinski definition) is 2. The van der Waals surface area contributed by atoms with Crippen molar-refractivity contribution in [2.75, 3.05) is 11.9 Å². The summed E-state index contributed by atoms with van der Waals surface area (Å²) in [5.74, 6) is -2.36. The van der Waals surface area contributed by atoms with Gasteiger partial charge in [0.05, 0.1) is 0 Å². The lowest BCUT2D eigenvalue weighted by atomic mass is 10.1. The Hall–Kier alpha value is -2.84. The van der Waals surface area contributed by atoms with Crippen LogP contribution in [0.1, 0.15) is 24.8 Å². The summed E-state index contributed by atoms with van der Waals surface area (Å²) in [5.41, 5.74) is 1.10. The topological polar surface area (TPSA) is 88.4 Å². The molecule has 0 saturated heterocycles. The van der Waals surface area contributed by atoms with E-state index in [1.807, 2.05) is 0 Å². The normalized spacial score (nSPS) is 11.4. The van der Waals surface area contributed by atoms with E-state index in [0.717, 1.165) is 10.9 Å². The molecule has 6 nitrogen and oxygen atoms in total. The lowest BCUT2D eigenvalue weighted by Crippen LogP contribution is -2.37. The van der Waals surface area contributed by atoms with E-state index in [-0.39, 0.29) is 12.5 Å². The molecule has 1 aromatic heterocycles. The zero-order valence-corrected chi connectivity index (χ0v) is 14.5. The summed E-state index contributed by atoms with van der Waals surface area (Å²) in [6.07, 6.45) is -2.43. The fourth-order valence-electron chi connectivity index (χ4n) is 2.40. The van der Waals surface area contributed by atoms with Gasteiger partial charge in [-0.25, -0.2) is 4.79 Å². The zero-order chi connectivity index (χ0) is 20.0. The lowest BCUT2D eigenvalue weighted by Gasteiger charge is -2.08. The van der Waals surface area contributed by atoms with Crippen LogP contribution in [0.4, 0.5) is 18.9 Å². The minimum absolute atomic E-state index is 0.114. The first kappa shape index (κ1) is 20.5. The maximum Gasteiger partial charge on any atom is 0.471 e. The molecule has 1 heterocycles. The molecule has 2 amide bonds. The number of aryl methyl sites for hydroxylation is 1. The van der Waals surface area contributed by atoms with Gasteiger partial charge in [0.25, 0.3) is 0 Å². The summed E-state index contributed by atoms with van der Waals surface area (Å²) in [4.78, 5) is 33.9. The van der Waals surface area contributed by atoms with Crippen LogP contribution in [-0.4, -0.2) is 24.5 Å². The summed E-state index contributed by atoms with van der Waals surface area (Å²) in [5, 5.41) is 5.15. The van der Waals surface area contributed by atoms with E-state index in [1.54, 1.807) is 30.4 Å². The smallest absolute Gasteiger partial charge is 0.423 e. The summed E-state index contributed by atoms with van der Waals surface area (Å²) in [6.45, 7) is 1.67. The van der Waals surface area contributed by atoms with Gasteiger partial charge in [0, 0.05) is 36.2 Å². The van der Waals surface area contributed by atoms with Gasteiger partial charge in [0.1, 0.15) is 5.58 Å². The van der Waals surface area contributed by atoms with Crippen LogP contribution in [0, 0.1) is 13.3 Å². The van der Waals surface area contributed by atoms with E-state index in [9.17, 15) is 27.6 Å². The number of benzene rings is 1. The number of anilines is 1. The van der Waals surface area contributed by atoms with Gasteiger partial charge in [-0.05, 0) is 37.5 Å². The first-order chi connectivity index (χ1) is 12.7. The predicted octanol–water partition coefficient (Wildman–Crippen LogP) is 3.09. The van der Waals surface area contributed by atoms with E-state index in [4.69, 9.17) is 4.42 Å². The molecule has 0 spiro atoms. The molecule has 0 atom stereocenters. The maximum absolute atomic E-state index is 12.0. The molecule has 0 aliphatic heterocycles. The number of alkyl halides is 3. The second-order valence-corrected chi connectivity index (χ2v) is 5.90. The molecule has 1 radical (unpaired) electrons. The molecule has 0 aliphatic carbocycles. The molecular weight excluding hydrogens is 365 g/mol. The first-order valence-electron chi connectivity index (χ1n) is 8.20. The molecule has 2 N–H and O–H groups in total. The Morgan fingerprint density at radius 3 is 2.63 bits per heavy atom. The highest BCUT2D eigenvalue weighted by Crippen LogP contribution is 2.21. The van der Waals surface area contributed by atoms with Crippen molar-refractivity contribution < 1.29 is 27.2 Å². The molecule has 2 aromatic rings. The Bertz CT molecular complexity index is 890. The van der Waals surface area contributed by atoms with Crippen molar-refractivity contribution in [2.24, 2.45) is 0 Å². The number of nitrogens with one attached hydrogen (secondary N) is 2. The number of fused-ring (bicyclic) bond motifs is 1. The summed E-state index contributed by atoms with van der Waals surface area (Å²) >= 11 is 0. The lowest BCUT2D eigenvalue weighted by molar-refractivity contribution is -0.173. The monoisotopic (exact) mass is 383 g/mol. The molecular formula is C18H18F3N2O4. The molecule has 0 unspecified atom stereocenters. The second kappa shape index (κ2) is 8.70. The number of carbonyl (C=O) groups excluding carboxylic acids is 2. The second-order valence-electron chi connectivity index (χ2n) is 5.90. The third kappa shape index (κ3) is 6.12. The van der Waals surface area contributed by atoms with Gasteiger partial charge < -0.3 is 15.1 Å². The average Bonchev–Trinajstić information content (AvgIpc) is 2.56. The molecule has 0 fully saturated rings. The van der Waals surface area contributed by atoms with Crippen molar-refractivity contribution in [1.29, 1.82) is 0 Å². The van der Waals surface area contributed by atoms with Crippen molar-refractivity contribution in [2.45, 2.75) is 32.4 Å². The van der Waals surface area contributed by atoms with Gasteiger partial charge in [0.15, 0.2) is 0 Å². The average molecular weight is 383 g/mol. The molecule has 1 aromatic carbocycles. The molecule has 145 valence electrons. The highest BCUT2D eigenvalue weighted by Gasteiger charge is 2.38. The molecule has 9 heteroatoms. The molecule has 0 aliphatic rings. The van der Waals surface area contributed by atoms with Crippen LogP contribution >= 0.6 is 0 Å². The largest absolute Gasteiger partial charge is 0.471 e. The molecule has 2 rings (SSSR count).